The maximum Gasteiger partial charge on any atom is 0.251 e. The topological polar surface area (TPSA) is 69.6 Å². The second-order valence-corrected chi connectivity index (χ2v) is 6.63. The summed E-state index contributed by atoms with van der Waals surface area (Å²) in [5, 5.41) is 22.8. The fourth-order valence-corrected chi connectivity index (χ4v) is 3.04. The Morgan fingerprint density at radius 3 is 2.95 bits per heavy atom. The second-order valence-electron chi connectivity index (χ2n) is 5.77. The third kappa shape index (κ3) is 3.73. The highest BCUT2D eigenvalue weighted by atomic mass is 79.9. The predicted molar refractivity (Wildman–Crippen MR) is 80.7 cm³/mol. The summed E-state index contributed by atoms with van der Waals surface area (Å²) in [5.74, 6) is 0.240. The Bertz CT molecular complexity index is 506. The van der Waals surface area contributed by atoms with Gasteiger partial charge in [0.2, 0.25) is 0 Å². The molecule has 1 fully saturated rings. The molecule has 0 aromatic heterocycles. The molecule has 0 bridgehead atoms. The Balaban J connectivity index is 1.96. The van der Waals surface area contributed by atoms with Gasteiger partial charge in [-0.3, -0.25) is 4.79 Å². The number of nitrogens with one attached hydrogen (secondary N) is 1. The number of hydrogen-bond donors (Lipinski definition) is 3. The molecule has 1 aliphatic carbocycles. The van der Waals surface area contributed by atoms with Crippen molar-refractivity contribution in [3.63, 3.8) is 0 Å². The van der Waals surface area contributed by atoms with Crippen molar-refractivity contribution in [3.05, 3.63) is 28.2 Å². The standard InChI is InChI=1S/C15H20BrNO3/c1-10-3-2-6-15(20,8-10)9-17-14(19)11-4-5-12(16)13(18)7-11/h4-5,7,10,18,20H,2-3,6,8-9H2,1H3,(H,17,19). The van der Waals surface area contributed by atoms with E-state index in [-0.39, 0.29) is 18.2 Å². The van der Waals surface area contributed by atoms with Gasteiger partial charge >= 0.3 is 0 Å². The van der Waals surface area contributed by atoms with Crippen molar-refractivity contribution in [2.45, 2.75) is 38.2 Å². The second kappa shape index (κ2) is 6.14. The first kappa shape index (κ1) is 15.3. The van der Waals surface area contributed by atoms with Crippen LogP contribution < -0.4 is 5.32 Å². The van der Waals surface area contributed by atoms with E-state index in [1.807, 2.05) is 0 Å². The van der Waals surface area contributed by atoms with Gasteiger partial charge < -0.3 is 15.5 Å². The average molecular weight is 342 g/mol. The molecule has 0 heterocycles. The number of hydrogen-bond acceptors (Lipinski definition) is 3. The summed E-state index contributed by atoms with van der Waals surface area (Å²) in [6.45, 7) is 2.38. The molecule has 1 aromatic carbocycles. The lowest BCUT2D eigenvalue weighted by Crippen LogP contribution is -2.45. The first-order valence-corrected chi connectivity index (χ1v) is 7.68. The van der Waals surface area contributed by atoms with E-state index in [2.05, 4.69) is 28.2 Å². The van der Waals surface area contributed by atoms with Crippen molar-refractivity contribution in [1.29, 1.82) is 0 Å². The van der Waals surface area contributed by atoms with E-state index in [4.69, 9.17) is 0 Å². The van der Waals surface area contributed by atoms with Crippen molar-refractivity contribution in [1.82, 2.24) is 5.32 Å². The van der Waals surface area contributed by atoms with E-state index in [0.717, 1.165) is 25.7 Å². The molecule has 20 heavy (non-hydrogen) atoms. The lowest BCUT2D eigenvalue weighted by Gasteiger charge is -2.35. The molecule has 110 valence electrons. The number of rotatable bonds is 3. The molecule has 0 aliphatic heterocycles. The molecule has 3 N–H and O–H groups in total. The number of carbonyl (C=O) groups is 1. The minimum absolute atomic E-state index is 0.0302. The van der Waals surface area contributed by atoms with Crippen LogP contribution in [0.25, 0.3) is 0 Å². The highest BCUT2D eigenvalue weighted by Crippen LogP contribution is 2.31. The number of halogens is 1. The van der Waals surface area contributed by atoms with Gasteiger partial charge in [0.05, 0.1) is 10.1 Å². The van der Waals surface area contributed by atoms with Crippen LogP contribution in [0.15, 0.2) is 22.7 Å². The van der Waals surface area contributed by atoms with Crippen molar-refractivity contribution in [2.75, 3.05) is 6.54 Å². The van der Waals surface area contributed by atoms with Gasteiger partial charge in [-0.1, -0.05) is 19.8 Å². The zero-order valence-corrected chi connectivity index (χ0v) is 13.1. The molecule has 1 saturated carbocycles. The van der Waals surface area contributed by atoms with Crippen LogP contribution in [0.4, 0.5) is 0 Å². The Kier molecular flexibility index (Phi) is 4.70. The molecule has 0 radical (unpaired) electrons. The first-order chi connectivity index (χ1) is 9.39. The van der Waals surface area contributed by atoms with E-state index < -0.39 is 5.60 Å². The molecule has 2 unspecified atom stereocenters. The smallest absolute Gasteiger partial charge is 0.251 e. The summed E-state index contributed by atoms with van der Waals surface area (Å²) < 4.78 is 0.550. The van der Waals surface area contributed by atoms with Crippen LogP contribution >= 0.6 is 15.9 Å². The van der Waals surface area contributed by atoms with Crippen molar-refractivity contribution < 1.29 is 15.0 Å². The van der Waals surface area contributed by atoms with Gasteiger partial charge in [0.1, 0.15) is 5.75 Å². The Morgan fingerprint density at radius 1 is 1.55 bits per heavy atom. The zero-order valence-electron chi connectivity index (χ0n) is 11.5. The number of phenols is 1. The van der Waals surface area contributed by atoms with Crippen LogP contribution in [-0.4, -0.2) is 28.3 Å². The van der Waals surface area contributed by atoms with Crippen LogP contribution in [0, 0.1) is 5.92 Å². The SMILES string of the molecule is CC1CCCC(O)(CNC(=O)c2ccc(Br)c(O)c2)C1. The van der Waals surface area contributed by atoms with Gasteiger partial charge in [0.25, 0.3) is 5.91 Å². The normalized spacial score (nSPS) is 26.2. The number of aliphatic hydroxyl groups is 1. The average Bonchev–Trinajstić information content (AvgIpc) is 2.39. The molecular weight excluding hydrogens is 322 g/mol. The highest BCUT2D eigenvalue weighted by molar-refractivity contribution is 9.10. The van der Waals surface area contributed by atoms with Crippen molar-refractivity contribution in [3.8, 4) is 5.75 Å². The number of benzene rings is 1. The van der Waals surface area contributed by atoms with Crippen LogP contribution in [0.2, 0.25) is 0 Å². The Hall–Kier alpha value is -1.07. The Morgan fingerprint density at radius 2 is 2.30 bits per heavy atom. The van der Waals surface area contributed by atoms with Crippen LogP contribution in [0.5, 0.6) is 5.75 Å². The third-order valence-corrected chi connectivity index (χ3v) is 4.52. The zero-order chi connectivity index (χ0) is 14.8. The van der Waals surface area contributed by atoms with E-state index in [9.17, 15) is 15.0 Å². The third-order valence-electron chi connectivity index (χ3n) is 3.85. The molecular formula is C15H20BrNO3. The van der Waals surface area contributed by atoms with Crippen molar-refractivity contribution in [2.24, 2.45) is 5.92 Å². The number of amides is 1. The number of phenolic OH excluding ortho intramolecular Hbond substituents is 1. The van der Waals surface area contributed by atoms with Gasteiger partial charge in [-0.15, -0.1) is 0 Å². The van der Waals surface area contributed by atoms with Gasteiger partial charge in [-0.05, 0) is 52.9 Å². The van der Waals surface area contributed by atoms with Crippen LogP contribution in [0.1, 0.15) is 43.0 Å². The molecule has 1 aromatic rings. The van der Waals surface area contributed by atoms with Crippen LogP contribution in [-0.2, 0) is 0 Å². The summed E-state index contributed by atoms with van der Waals surface area (Å²) in [5.41, 5.74) is -0.414. The fourth-order valence-electron chi connectivity index (χ4n) is 2.79. The molecule has 0 saturated heterocycles. The molecule has 0 spiro atoms. The van der Waals surface area contributed by atoms with E-state index in [1.54, 1.807) is 12.1 Å². The van der Waals surface area contributed by atoms with Gasteiger partial charge in [0, 0.05) is 12.1 Å². The Labute approximate surface area is 127 Å². The summed E-state index contributed by atoms with van der Waals surface area (Å²) in [4.78, 5) is 12.0. The maximum absolute atomic E-state index is 12.0. The number of aromatic hydroxyl groups is 1. The lowest BCUT2D eigenvalue weighted by molar-refractivity contribution is -0.0109. The predicted octanol–water partition coefficient (Wildman–Crippen LogP) is 2.83. The fraction of sp³-hybridized carbons (Fsp3) is 0.533. The highest BCUT2D eigenvalue weighted by Gasteiger charge is 2.32. The quantitative estimate of drug-likeness (QED) is 0.791. The first-order valence-electron chi connectivity index (χ1n) is 6.89. The summed E-state index contributed by atoms with van der Waals surface area (Å²) in [6.07, 6.45) is 3.57. The molecule has 2 atom stereocenters. The van der Waals surface area contributed by atoms with Crippen LogP contribution in [0.3, 0.4) is 0 Å². The molecule has 5 heteroatoms. The van der Waals surface area contributed by atoms with Crippen molar-refractivity contribution >= 4 is 21.8 Å². The summed E-state index contributed by atoms with van der Waals surface area (Å²) >= 11 is 3.17. The van der Waals surface area contributed by atoms with Gasteiger partial charge in [-0.2, -0.15) is 0 Å². The van der Waals surface area contributed by atoms with E-state index in [1.165, 1.54) is 6.07 Å². The largest absolute Gasteiger partial charge is 0.507 e. The monoisotopic (exact) mass is 341 g/mol. The molecule has 4 nitrogen and oxygen atoms in total. The summed E-state index contributed by atoms with van der Waals surface area (Å²) in [7, 11) is 0. The number of carbonyl (C=O) groups excluding carboxylic acids is 1. The lowest BCUT2D eigenvalue weighted by atomic mass is 9.79. The minimum atomic E-state index is -0.801. The molecule has 1 amide bonds. The molecule has 2 rings (SSSR count). The minimum Gasteiger partial charge on any atom is -0.507 e. The maximum atomic E-state index is 12.0. The van der Waals surface area contributed by atoms with E-state index >= 15 is 0 Å². The van der Waals surface area contributed by atoms with E-state index in [0.29, 0.717) is 16.0 Å². The van der Waals surface area contributed by atoms with Gasteiger partial charge in [-0.25, -0.2) is 0 Å². The van der Waals surface area contributed by atoms with Gasteiger partial charge in [0.15, 0.2) is 0 Å². The molecule has 1 aliphatic rings. The summed E-state index contributed by atoms with van der Waals surface area (Å²) in [6, 6.07) is 4.67.